The molecule has 1 unspecified atom stereocenters. The fourth-order valence-corrected chi connectivity index (χ4v) is 4.41. The zero-order chi connectivity index (χ0) is 16.9. The number of rotatable bonds is 4. The molecule has 1 aromatic carbocycles. The summed E-state index contributed by atoms with van der Waals surface area (Å²) in [5.41, 5.74) is 2.78. The first-order chi connectivity index (χ1) is 11.7. The minimum Gasteiger partial charge on any atom is -0.313 e. The third kappa shape index (κ3) is 3.58. The number of amides is 1. The van der Waals surface area contributed by atoms with E-state index in [1.807, 2.05) is 30.3 Å². The van der Waals surface area contributed by atoms with Crippen LogP contribution in [0.2, 0.25) is 0 Å². The Morgan fingerprint density at radius 3 is 2.92 bits per heavy atom. The SMILES string of the molecule is CCC1CCc2c(sc(NC(=O)C=Cc3ccccc3)c2C#N)C1. The molecule has 1 aliphatic rings. The van der Waals surface area contributed by atoms with Crippen molar-refractivity contribution in [3.05, 3.63) is 58.0 Å². The van der Waals surface area contributed by atoms with Gasteiger partial charge in [-0.05, 0) is 42.4 Å². The maximum absolute atomic E-state index is 12.2. The minimum atomic E-state index is -0.194. The van der Waals surface area contributed by atoms with Crippen LogP contribution in [-0.2, 0) is 17.6 Å². The molecule has 1 aromatic heterocycles. The highest BCUT2D eigenvalue weighted by Gasteiger charge is 2.25. The summed E-state index contributed by atoms with van der Waals surface area (Å²) < 4.78 is 0. The Kier molecular flexibility index (Phi) is 5.12. The van der Waals surface area contributed by atoms with Gasteiger partial charge in [0.05, 0.1) is 5.56 Å². The van der Waals surface area contributed by atoms with Crippen LogP contribution in [0.15, 0.2) is 36.4 Å². The first-order valence-electron chi connectivity index (χ1n) is 8.30. The lowest BCUT2D eigenvalue weighted by Gasteiger charge is -2.20. The van der Waals surface area contributed by atoms with E-state index in [2.05, 4.69) is 18.3 Å². The van der Waals surface area contributed by atoms with E-state index >= 15 is 0 Å². The summed E-state index contributed by atoms with van der Waals surface area (Å²) in [6, 6.07) is 12.0. The molecule has 1 N–H and O–H groups in total. The van der Waals surface area contributed by atoms with Gasteiger partial charge < -0.3 is 5.32 Å². The highest BCUT2D eigenvalue weighted by atomic mass is 32.1. The van der Waals surface area contributed by atoms with Gasteiger partial charge >= 0.3 is 0 Å². The number of nitrogens with one attached hydrogen (secondary N) is 1. The normalized spacial score (nSPS) is 16.6. The number of benzene rings is 1. The van der Waals surface area contributed by atoms with Crippen LogP contribution in [-0.4, -0.2) is 5.91 Å². The van der Waals surface area contributed by atoms with Crippen LogP contribution >= 0.6 is 11.3 Å². The van der Waals surface area contributed by atoms with E-state index in [4.69, 9.17) is 0 Å². The number of carbonyl (C=O) groups is 1. The van der Waals surface area contributed by atoms with Crippen molar-refractivity contribution in [3.8, 4) is 6.07 Å². The van der Waals surface area contributed by atoms with Crippen molar-refractivity contribution in [2.75, 3.05) is 5.32 Å². The Morgan fingerprint density at radius 2 is 2.21 bits per heavy atom. The Morgan fingerprint density at radius 1 is 1.42 bits per heavy atom. The number of carbonyl (C=O) groups excluding carboxylic acids is 1. The van der Waals surface area contributed by atoms with Crippen molar-refractivity contribution in [1.82, 2.24) is 0 Å². The number of nitrogens with zero attached hydrogens (tertiary/aromatic N) is 1. The van der Waals surface area contributed by atoms with Crippen LogP contribution in [0.3, 0.4) is 0 Å². The lowest BCUT2D eigenvalue weighted by atomic mass is 9.86. The summed E-state index contributed by atoms with van der Waals surface area (Å²) in [5, 5.41) is 13.1. The largest absolute Gasteiger partial charge is 0.313 e. The first kappa shape index (κ1) is 16.5. The van der Waals surface area contributed by atoms with E-state index in [0.29, 0.717) is 16.5 Å². The lowest BCUT2D eigenvalue weighted by molar-refractivity contribution is -0.111. The second-order valence-electron chi connectivity index (χ2n) is 6.07. The summed E-state index contributed by atoms with van der Waals surface area (Å²) in [6.45, 7) is 2.21. The molecule has 3 rings (SSSR count). The molecule has 0 bridgehead atoms. The molecular formula is C20H20N2OS. The molecular weight excluding hydrogens is 316 g/mol. The molecule has 24 heavy (non-hydrogen) atoms. The van der Waals surface area contributed by atoms with Crippen LogP contribution in [0.25, 0.3) is 6.08 Å². The quantitative estimate of drug-likeness (QED) is 0.816. The maximum Gasteiger partial charge on any atom is 0.249 e. The molecule has 0 fully saturated rings. The first-order valence-corrected chi connectivity index (χ1v) is 9.11. The topological polar surface area (TPSA) is 52.9 Å². The van der Waals surface area contributed by atoms with Crippen molar-refractivity contribution < 1.29 is 4.79 Å². The number of anilines is 1. The average molecular weight is 336 g/mol. The maximum atomic E-state index is 12.2. The fourth-order valence-electron chi connectivity index (χ4n) is 3.10. The lowest BCUT2D eigenvalue weighted by Crippen LogP contribution is -2.12. The molecule has 0 radical (unpaired) electrons. The summed E-state index contributed by atoms with van der Waals surface area (Å²) in [5.74, 6) is 0.505. The van der Waals surface area contributed by atoms with E-state index < -0.39 is 0 Å². The van der Waals surface area contributed by atoms with E-state index in [9.17, 15) is 10.1 Å². The van der Waals surface area contributed by atoms with E-state index in [1.54, 1.807) is 17.4 Å². The monoisotopic (exact) mass is 336 g/mol. The van der Waals surface area contributed by atoms with Crippen molar-refractivity contribution in [3.63, 3.8) is 0 Å². The number of nitriles is 1. The van der Waals surface area contributed by atoms with Gasteiger partial charge in [-0.25, -0.2) is 0 Å². The third-order valence-electron chi connectivity index (χ3n) is 4.52. The second kappa shape index (κ2) is 7.46. The van der Waals surface area contributed by atoms with Gasteiger partial charge in [-0.15, -0.1) is 11.3 Å². The summed E-state index contributed by atoms with van der Waals surface area (Å²) in [7, 11) is 0. The van der Waals surface area contributed by atoms with Gasteiger partial charge in [-0.1, -0.05) is 43.7 Å². The van der Waals surface area contributed by atoms with Crippen molar-refractivity contribution in [1.29, 1.82) is 5.26 Å². The van der Waals surface area contributed by atoms with Crippen LogP contribution < -0.4 is 5.32 Å². The molecule has 0 aliphatic heterocycles. The van der Waals surface area contributed by atoms with E-state index in [-0.39, 0.29) is 5.91 Å². The molecule has 1 atom stereocenters. The smallest absolute Gasteiger partial charge is 0.249 e. The molecule has 2 aromatic rings. The van der Waals surface area contributed by atoms with E-state index in [1.165, 1.54) is 17.4 Å². The highest BCUT2D eigenvalue weighted by molar-refractivity contribution is 7.16. The third-order valence-corrected chi connectivity index (χ3v) is 5.69. The molecule has 4 heteroatoms. The molecule has 3 nitrogen and oxygen atoms in total. The second-order valence-corrected chi connectivity index (χ2v) is 7.18. The van der Waals surface area contributed by atoms with Gasteiger partial charge in [-0.3, -0.25) is 4.79 Å². The van der Waals surface area contributed by atoms with Crippen LogP contribution in [0, 0.1) is 17.2 Å². The zero-order valence-corrected chi connectivity index (χ0v) is 14.5. The van der Waals surface area contributed by atoms with E-state index in [0.717, 1.165) is 30.4 Å². The van der Waals surface area contributed by atoms with Gasteiger partial charge in [0.25, 0.3) is 0 Å². The predicted octanol–water partition coefficient (Wildman–Crippen LogP) is 4.79. The number of thiophene rings is 1. The zero-order valence-electron chi connectivity index (χ0n) is 13.7. The average Bonchev–Trinajstić information content (AvgIpc) is 2.96. The van der Waals surface area contributed by atoms with Gasteiger partial charge in [0.2, 0.25) is 5.91 Å². The predicted molar refractivity (Wildman–Crippen MR) is 98.9 cm³/mol. The molecule has 0 spiro atoms. The van der Waals surface area contributed by atoms with Crippen LogP contribution in [0.1, 0.15) is 41.3 Å². The van der Waals surface area contributed by atoms with Crippen molar-refractivity contribution in [2.45, 2.75) is 32.6 Å². The Balaban J connectivity index is 1.76. The van der Waals surface area contributed by atoms with Gasteiger partial charge in [0.15, 0.2) is 0 Å². The number of fused-ring (bicyclic) bond motifs is 1. The highest BCUT2D eigenvalue weighted by Crippen LogP contribution is 2.39. The van der Waals surface area contributed by atoms with Crippen molar-refractivity contribution >= 4 is 28.3 Å². The van der Waals surface area contributed by atoms with Gasteiger partial charge in [0, 0.05) is 11.0 Å². The van der Waals surface area contributed by atoms with Crippen molar-refractivity contribution in [2.24, 2.45) is 5.92 Å². The summed E-state index contributed by atoms with van der Waals surface area (Å²) in [4.78, 5) is 13.5. The number of hydrogen-bond acceptors (Lipinski definition) is 3. The summed E-state index contributed by atoms with van der Waals surface area (Å²) in [6.07, 6.45) is 7.58. The Hall–Kier alpha value is -2.38. The minimum absolute atomic E-state index is 0.194. The van der Waals surface area contributed by atoms with Gasteiger partial charge in [-0.2, -0.15) is 5.26 Å². The van der Waals surface area contributed by atoms with Crippen LogP contribution in [0.5, 0.6) is 0 Å². The standard InChI is InChI=1S/C20H20N2OS/c1-2-14-8-10-16-17(13-21)20(24-18(16)12-14)22-19(23)11-9-15-6-4-3-5-7-15/h3-7,9,11,14H,2,8,10,12H2,1H3,(H,22,23). The molecule has 0 saturated heterocycles. The molecule has 1 amide bonds. The van der Waals surface area contributed by atoms with Gasteiger partial charge in [0.1, 0.15) is 11.1 Å². The Bertz CT molecular complexity index is 799. The van der Waals surface area contributed by atoms with Crippen LogP contribution in [0.4, 0.5) is 5.00 Å². The molecule has 0 saturated carbocycles. The molecule has 122 valence electrons. The Labute approximate surface area is 146 Å². The molecule has 1 aliphatic carbocycles. The number of hydrogen-bond donors (Lipinski definition) is 1. The fraction of sp³-hybridized carbons (Fsp3) is 0.300. The molecule has 1 heterocycles. The summed E-state index contributed by atoms with van der Waals surface area (Å²) >= 11 is 1.57.